The van der Waals surface area contributed by atoms with Crippen molar-refractivity contribution in [2.24, 2.45) is 13.0 Å². The zero-order valence-electron chi connectivity index (χ0n) is 22.6. The van der Waals surface area contributed by atoms with Crippen LogP contribution in [0.15, 0.2) is 53.5 Å². The molecule has 0 aliphatic rings. The van der Waals surface area contributed by atoms with Gasteiger partial charge in [0.15, 0.2) is 0 Å². The second-order valence-electron chi connectivity index (χ2n) is 9.45. The number of aromatic nitrogens is 1. The van der Waals surface area contributed by atoms with E-state index in [4.69, 9.17) is 11.2 Å². The van der Waals surface area contributed by atoms with Crippen molar-refractivity contribution in [3.63, 3.8) is 0 Å². The number of hydrogen-bond donors (Lipinski definition) is 3. The minimum atomic E-state index is -0.607. The monoisotopic (exact) mass is 514 g/mol. The van der Waals surface area contributed by atoms with Crippen LogP contribution in [0.4, 0.5) is 11.4 Å². The number of hydrogen-bond acceptors (Lipinski definition) is 5. The van der Waals surface area contributed by atoms with E-state index in [0.29, 0.717) is 34.9 Å². The van der Waals surface area contributed by atoms with Crippen LogP contribution in [0.5, 0.6) is 11.5 Å². The lowest BCUT2D eigenvalue weighted by Crippen LogP contribution is -2.44. The number of anilines is 2. The largest absolute Gasteiger partial charge is 0.456 e. The van der Waals surface area contributed by atoms with Gasteiger partial charge in [-0.25, -0.2) is 0 Å². The molecule has 0 aliphatic carbocycles. The summed E-state index contributed by atoms with van der Waals surface area (Å²) < 4.78 is 7.83. The Labute approximate surface area is 223 Å². The first kappa shape index (κ1) is 28.1. The fourth-order valence-corrected chi connectivity index (χ4v) is 4.11. The SMILES string of the molecule is C#CC(=O)Nc1ccc(Oc2c(C)cccc2C)c(-c2cc(N[C@@H](C(=O)NCC)C(C)C)c(=O)n(C)c2)c1. The molecule has 1 aromatic heterocycles. The fourth-order valence-electron chi connectivity index (χ4n) is 4.11. The molecule has 8 heteroatoms. The predicted molar refractivity (Wildman–Crippen MR) is 152 cm³/mol. The van der Waals surface area contributed by atoms with Crippen LogP contribution >= 0.6 is 0 Å². The van der Waals surface area contributed by atoms with Crippen molar-refractivity contribution in [3.05, 3.63) is 70.1 Å². The summed E-state index contributed by atoms with van der Waals surface area (Å²) in [6.07, 6.45) is 6.93. The number of pyridine rings is 1. The number of para-hydroxylation sites is 1. The highest BCUT2D eigenvalue weighted by Crippen LogP contribution is 2.38. The highest BCUT2D eigenvalue weighted by molar-refractivity contribution is 6.04. The molecule has 3 rings (SSSR count). The third-order valence-corrected chi connectivity index (χ3v) is 6.09. The van der Waals surface area contributed by atoms with Crippen molar-refractivity contribution < 1.29 is 14.3 Å². The smallest absolute Gasteiger partial charge is 0.300 e. The topological polar surface area (TPSA) is 101 Å². The number of aryl methyl sites for hydroxylation is 3. The molecule has 0 bridgehead atoms. The molecule has 0 radical (unpaired) electrons. The maximum absolute atomic E-state index is 13.1. The number of likely N-dealkylation sites (N-methyl/N-ethyl adjacent to an activating group) is 1. The van der Waals surface area contributed by atoms with Gasteiger partial charge in [-0.2, -0.15) is 0 Å². The van der Waals surface area contributed by atoms with E-state index < -0.39 is 11.9 Å². The highest BCUT2D eigenvalue weighted by atomic mass is 16.5. The van der Waals surface area contributed by atoms with Crippen LogP contribution in [0.25, 0.3) is 11.1 Å². The molecule has 1 heterocycles. The average Bonchev–Trinajstić information content (AvgIpc) is 2.87. The lowest BCUT2D eigenvalue weighted by Gasteiger charge is -2.23. The summed E-state index contributed by atoms with van der Waals surface area (Å²) in [5, 5.41) is 8.63. The molecule has 2 amide bonds. The molecule has 1 atom stereocenters. The third kappa shape index (κ3) is 6.43. The van der Waals surface area contributed by atoms with E-state index in [2.05, 4.69) is 16.0 Å². The quantitative estimate of drug-likeness (QED) is 0.362. The lowest BCUT2D eigenvalue weighted by molar-refractivity contribution is -0.122. The van der Waals surface area contributed by atoms with Gasteiger partial charge in [-0.05, 0) is 68.0 Å². The molecule has 2 aromatic carbocycles. The predicted octanol–water partition coefficient (Wildman–Crippen LogP) is 4.61. The van der Waals surface area contributed by atoms with Crippen molar-refractivity contribution in [1.82, 2.24) is 9.88 Å². The minimum absolute atomic E-state index is 0.0693. The minimum Gasteiger partial charge on any atom is -0.456 e. The molecule has 0 spiro atoms. The van der Waals surface area contributed by atoms with Crippen LogP contribution in [0, 0.1) is 32.1 Å². The summed E-state index contributed by atoms with van der Waals surface area (Å²) in [6, 6.07) is 12.2. The number of carbonyl (C=O) groups excluding carboxylic acids is 2. The van der Waals surface area contributed by atoms with Gasteiger partial charge < -0.3 is 25.3 Å². The Morgan fingerprint density at radius 2 is 1.79 bits per heavy atom. The number of nitrogens with one attached hydrogen (secondary N) is 3. The van der Waals surface area contributed by atoms with Gasteiger partial charge in [0.05, 0.1) is 0 Å². The van der Waals surface area contributed by atoms with Crippen molar-refractivity contribution >= 4 is 23.2 Å². The van der Waals surface area contributed by atoms with E-state index in [1.807, 2.05) is 58.7 Å². The number of nitrogens with zero attached hydrogens (tertiary/aromatic N) is 1. The van der Waals surface area contributed by atoms with E-state index in [9.17, 15) is 14.4 Å². The van der Waals surface area contributed by atoms with Gasteiger partial charge in [-0.3, -0.25) is 14.4 Å². The zero-order chi connectivity index (χ0) is 28.0. The fraction of sp³-hybridized carbons (Fsp3) is 0.300. The maximum Gasteiger partial charge on any atom is 0.300 e. The summed E-state index contributed by atoms with van der Waals surface area (Å²) in [6.45, 7) is 10.1. The van der Waals surface area contributed by atoms with Crippen LogP contribution in [0.1, 0.15) is 31.9 Å². The van der Waals surface area contributed by atoms with Gasteiger partial charge in [-0.15, -0.1) is 6.42 Å². The Bertz CT molecular complexity index is 1430. The molecule has 38 heavy (non-hydrogen) atoms. The molecule has 0 aliphatic heterocycles. The molecule has 0 saturated heterocycles. The normalized spacial score (nSPS) is 11.4. The summed E-state index contributed by atoms with van der Waals surface area (Å²) >= 11 is 0. The first-order valence-electron chi connectivity index (χ1n) is 12.5. The summed E-state index contributed by atoms with van der Waals surface area (Å²) in [7, 11) is 1.64. The van der Waals surface area contributed by atoms with Gasteiger partial charge >= 0.3 is 0 Å². The molecule has 8 nitrogen and oxygen atoms in total. The van der Waals surface area contributed by atoms with Gasteiger partial charge in [0.25, 0.3) is 11.5 Å². The number of amides is 2. The number of benzene rings is 2. The first-order valence-corrected chi connectivity index (χ1v) is 12.5. The van der Waals surface area contributed by atoms with Crippen LogP contribution < -0.4 is 26.2 Å². The van der Waals surface area contributed by atoms with Gasteiger partial charge in [0, 0.05) is 36.6 Å². The Hall–Kier alpha value is -4.51. The van der Waals surface area contributed by atoms with Gasteiger partial charge in [0.2, 0.25) is 5.91 Å². The number of terminal acetylenes is 1. The van der Waals surface area contributed by atoms with E-state index in [0.717, 1.165) is 11.1 Å². The molecule has 3 N–H and O–H groups in total. The molecular formula is C30H34N4O4. The van der Waals surface area contributed by atoms with Crippen molar-refractivity contribution in [2.45, 2.75) is 40.7 Å². The van der Waals surface area contributed by atoms with Crippen molar-refractivity contribution in [2.75, 3.05) is 17.2 Å². The van der Waals surface area contributed by atoms with Crippen LogP contribution in [0.3, 0.4) is 0 Å². The zero-order valence-corrected chi connectivity index (χ0v) is 22.6. The van der Waals surface area contributed by atoms with Crippen LogP contribution in [-0.2, 0) is 16.6 Å². The van der Waals surface area contributed by atoms with E-state index >= 15 is 0 Å². The standard InChI is InChI=1S/C30H34N4O4/c1-8-26(35)32-22-13-14-25(38-28-19(5)11-10-12-20(28)6)23(16-22)21-15-24(30(37)34(7)17-21)33-27(18(3)4)29(36)31-9-2/h1,10-18,27,33H,9H2,2-7H3,(H,31,36)(H,32,35)/t27-/m1/s1. The molecular weight excluding hydrogens is 480 g/mol. The van der Waals surface area contributed by atoms with Crippen LogP contribution in [0.2, 0.25) is 0 Å². The van der Waals surface area contributed by atoms with Crippen molar-refractivity contribution in [1.29, 1.82) is 0 Å². The van der Waals surface area contributed by atoms with Crippen LogP contribution in [-0.4, -0.2) is 29.0 Å². The number of carbonyl (C=O) groups is 2. The Balaban J connectivity index is 2.16. The van der Waals surface area contributed by atoms with E-state index in [-0.39, 0.29) is 23.1 Å². The highest BCUT2D eigenvalue weighted by Gasteiger charge is 2.23. The lowest BCUT2D eigenvalue weighted by atomic mass is 10.0. The van der Waals surface area contributed by atoms with E-state index in [1.165, 1.54) is 4.57 Å². The summed E-state index contributed by atoms with van der Waals surface area (Å²) in [4.78, 5) is 37.6. The summed E-state index contributed by atoms with van der Waals surface area (Å²) in [5.41, 5.74) is 3.66. The molecule has 3 aromatic rings. The van der Waals surface area contributed by atoms with Gasteiger partial charge in [-0.1, -0.05) is 32.0 Å². The van der Waals surface area contributed by atoms with E-state index in [1.54, 1.807) is 37.5 Å². The second kappa shape index (κ2) is 12.2. The Morgan fingerprint density at radius 3 is 2.39 bits per heavy atom. The Morgan fingerprint density at radius 1 is 1.11 bits per heavy atom. The molecule has 0 unspecified atom stereocenters. The molecule has 0 saturated carbocycles. The third-order valence-electron chi connectivity index (χ3n) is 6.09. The number of ether oxygens (including phenoxy) is 1. The molecule has 0 fully saturated rings. The summed E-state index contributed by atoms with van der Waals surface area (Å²) in [5.74, 6) is 2.45. The Kier molecular flexibility index (Phi) is 8.98. The second-order valence-corrected chi connectivity index (χ2v) is 9.45. The van der Waals surface area contributed by atoms with Crippen molar-refractivity contribution in [3.8, 4) is 35.0 Å². The van der Waals surface area contributed by atoms with Gasteiger partial charge in [0.1, 0.15) is 23.2 Å². The number of rotatable bonds is 9. The molecule has 198 valence electrons. The average molecular weight is 515 g/mol. The maximum atomic E-state index is 13.1. The first-order chi connectivity index (χ1) is 18.0.